The normalized spacial score (nSPS) is 12.1. The van der Waals surface area contributed by atoms with Crippen LogP contribution >= 0.6 is 0 Å². The molecule has 0 aromatic carbocycles. The molecule has 0 saturated carbocycles. The van der Waals surface area contributed by atoms with E-state index in [4.69, 9.17) is 14.2 Å². The van der Waals surface area contributed by atoms with Crippen LogP contribution in [0.15, 0.2) is 24.3 Å². The molecule has 0 saturated heterocycles. The van der Waals surface area contributed by atoms with Crippen molar-refractivity contribution in [3.63, 3.8) is 0 Å². The van der Waals surface area contributed by atoms with Crippen LogP contribution in [0.3, 0.4) is 0 Å². The summed E-state index contributed by atoms with van der Waals surface area (Å²) >= 11 is 0. The lowest BCUT2D eigenvalue weighted by atomic mass is 10.0. The third-order valence-corrected chi connectivity index (χ3v) is 12.7. The molecule has 6 nitrogen and oxygen atoms in total. The zero-order chi connectivity index (χ0) is 46.5. The van der Waals surface area contributed by atoms with E-state index < -0.39 is 6.10 Å². The quantitative estimate of drug-likeness (QED) is 0.0262. The molecule has 0 heterocycles. The molecule has 6 heteroatoms. The van der Waals surface area contributed by atoms with E-state index in [1.807, 2.05) is 0 Å². The summed E-state index contributed by atoms with van der Waals surface area (Å²) in [5.74, 6) is -0.862. The second-order valence-electron chi connectivity index (χ2n) is 19.2. The Bertz CT molecular complexity index is 1040. The lowest BCUT2D eigenvalue weighted by Crippen LogP contribution is -2.30. The van der Waals surface area contributed by atoms with Gasteiger partial charge in [0.1, 0.15) is 13.2 Å². The van der Waals surface area contributed by atoms with Gasteiger partial charge >= 0.3 is 17.9 Å². The molecule has 0 bridgehead atoms. The largest absolute Gasteiger partial charge is 0.462 e. The predicted molar refractivity (Wildman–Crippen MR) is 275 cm³/mol. The van der Waals surface area contributed by atoms with Crippen molar-refractivity contribution in [2.45, 2.75) is 316 Å². The number of allylic oxidation sites excluding steroid dienone is 4. The minimum absolute atomic E-state index is 0.0702. The van der Waals surface area contributed by atoms with E-state index >= 15 is 0 Å². The van der Waals surface area contributed by atoms with Gasteiger partial charge in [-0.15, -0.1) is 0 Å². The van der Waals surface area contributed by atoms with Crippen LogP contribution in [0, 0.1) is 0 Å². The molecule has 0 rings (SSSR count). The average molecular weight is 901 g/mol. The fourth-order valence-corrected chi connectivity index (χ4v) is 8.37. The maximum absolute atomic E-state index is 12.8. The van der Waals surface area contributed by atoms with Crippen LogP contribution in [0.1, 0.15) is 310 Å². The number of carbonyl (C=O) groups is 3. The van der Waals surface area contributed by atoms with Crippen LogP contribution in [-0.4, -0.2) is 37.2 Å². The van der Waals surface area contributed by atoms with Gasteiger partial charge < -0.3 is 14.2 Å². The number of carbonyl (C=O) groups excluding carboxylic acids is 3. The highest BCUT2D eigenvalue weighted by Crippen LogP contribution is 2.16. The Kier molecular flexibility index (Phi) is 51.7. The summed E-state index contributed by atoms with van der Waals surface area (Å²) < 4.78 is 16.9. The number of hydrogen-bond acceptors (Lipinski definition) is 6. The molecule has 0 spiro atoms. The van der Waals surface area contributed by atoms with E-state index in [9.17, 15) is 14.4 Å². The van der Waals surface area contributed by atoms with Gasteiger partial charge in [0, 0.05) is 19.3 Å². The highest BCUT2D eigenvalue weighted by atomic mass is 16.6. The fraction of sp³-hybridized carbons (Fsp3) is 0.879. The van der Waals surface area contributed by atoms with E-state index in [-0.39, 0.29) is 31.1 Å². The van der Waals surface area contributed by atoms with Gasteiger partial charge in [0.15, 0.2) is 6.10 Å². The second-order valence-corrected chi connectivity index (χ2v) is 19.2. The van der Waals surface area contributed by atoms with Crippen LogP contribution in [0.25, 0.3) is 0 Å². The molecule has 0 aromatic rings. The van der Waals surface area contributed by atoms with Crippen molar-refractivity contribution in [3.05, 3.63) is 24.3 Å². The standard InChI is InChI=1S/C58H108O6/c1-4-7-10-13-16-19-22-25-27-29-31-33-36-39-42-45-48-51-57(60)63-54-55(53-62-56(59)50-47-44-41-38-35-24-21-18-15-12-9-6-3)64-58(61)52-49-46-43-40-37-34-32-30-28-26-23-20-17-14-11-8-5-2/h25-28,55H,4-24,29-54H2,1-3H3/b27-25-,28-26-/t55-/m0/s1. The molecule has 0 aliphatic rings. The van der Waals surface area contributed by atoms with Crippen molar-refractivity contribution >= 4 is 17.9 Å². The van der Waals surface area contributed by atoms with Gasteiger partial charge in [0.25, 0.3) is 0 Å². The summed E-state index contributed by atoms with van der Waals surface area (Å²) in [6, 6.07) is 0. The highest BCUT2D eigenvalue weighted by molar-refractivity contribution is 5.71. The molecular weight excluding hydrogens is 793 g/mol. The number of hydrogen-bond donors (Lipinski definition) is 0. The van der Waals surface area contributed by atoms with E-state index in [0.717, 1.165) is 57.8 Å². The summed E-state index contributed by atoms with van der Waals surface area (Å²) in [6.07, 6.45) is 61.6. The monoisotopic (exact) mass is 901 g/mol. The van der Waals surface area contributed by atoms with E-state index in [0.29, 0.717) is 19.3 Å². The Balaban J connectivity index is 4.33. The van der Waals surface area contributed by atoms with Gasteiger partial charge in [-0.2, -0.15) is 0 Å². The maximum atomic E-state index is 12.8. The van der Waals surface area contributed by atoms with Crippen LogP contribution in [-0.2, 0) is 28.6 Å². The van der Waals surface area contributed by atoms with Gasteiger partial charge in [-0.1, -0.05) is 244 Å². The van der Waals surface area contributed by atoms with Gasteiger partial charge in [0.05, 0.1) is 0 Å². The van der Waals surface area contributed by atoms with Crippen molar-refractivity contribution in [1.82, 2.24) is 0 Å². The maximum Gasteiger partial charge on any atom is 0.306 e. The van der Waals surface area contributed by atoms with Crippen molar-refractivity contribution in [2.24, 2.45) is 0 Å². The summed E-state index contributed by atoms with van der Waals surface area (Å²) in [6.45, 7) is 6.66. The molecule has 0 amide bonds. The molecule has 0 aliphatic heterocycles. The van der Waals surface area contributed by atoms with E-state index in [1.54, 1.807) is 0 Å². The lowest BCUT2D eigenvalue weighted by molar-refractivity contribution is -0.167. The third-order valence-electron chi connectivity index (χ3n) is 12.7. The first-order valence-corrected chi connectivity index (χ1v) is 28.3. The van der Waals surface area contributed by atoms with Gasteiger partial charge in [0.2, 0.25) is 0 Å². The summed E-state index contributed by atoms with van der Waals surface area (Å²) in [5.41, 5.74) is 0. The summed E-state index contributed by atoms with van der Waals surface area (Å²) in [7, 11) is 0. The zero-order valence-electron chi connectivity index (χ0n) is 43.1. The first-order valence-electron chi connectivity index (χ1n) is 28.3. The smallest absolute Gasteiger partial charge is 0.306 e. The molecule has 0 aliphatic carbocycles. The van der Waals surface area contributed by atoms with Crippen molar-refractivity contribution in [1.29, 1.82) is 0 Å². The highest BCUT2D eigenvalue weighted by Gasteiger charge is 2.19. The Morgan fingerprint density at radius 1 is 0.297 bits per heavy atom. The fourth-order valence-electron chi connectivity index (χ4n) is 8.37. The molecule has 0 unspecified atom stereocenters. The van der Waals surface area contributed by atoms with Crippen LogP contribution in [0.4, 0.5) is 0 Å². The third kappa shape index (κ3) is 50.9. The van der Waals surface area contributed by atoms with Gasteiger partial charge in [-0.05, 0) is 70.6 Å². The SMILES string of the molecule is CCCCCCCC/C=C\CCCCCCCCCC(=O)OC[C@H](COC(=O)CCCCCCCCCCCCCC)OC(=O)CCCCCCCCC/C=C\CCCCCCCC. The Hall–Kier alpha value is -2.11. The number of unbranched alkanes of at least 4 members (excludes halogenated alkanes) is 37. The van der Waals surface area contributed by atoms with Crippen molar-refractivity contribution < 1.29 is 28.6 Å². The molecule has 64 heavy (non-hydrogen) atoms. The van der Waals surface area contributed by atoms with Crippen molar-refractivity contribution in [2.75, 3.05) is 13.2 Å². The first-order chi connectivity index (χ1) is 31.5. The average Bonchev–Trinajstić information content (AvgIpc) is 3.29. The Morgan fingerprint density at radius 3 is 0.781 bits per heavy atom. The predicted octanol–water partition coefficient (Wildman–Crippen LogP) is 18.7. The minimum atomic E-state index is -0.771. The Labute approximate surface area is 398 Å². The van der Waals surface area contributed by atoms with E-state index in [1.165, 1.54) is 212 Å². The van der Waals surface area contributed by atoms with Gasteiger partial charge in [-0.3, -0.25) is 14.4 Å². The van der Waals surface area contributed by atoms with Gasteiger partial charge in [-0.25, -0.2) is 0 Å². The van der Waals surface area contributed by atoms with Crippen LogP contribution in [0.5, 0.6) is 0 Å². The molecule has 0 N–H and O–H groups in total. The summed E-state index contributed by atoms with van der Waals surface area (Å²) in [4.78, 5) is 38.1. The molecule has 0 fully saturated rings. The van der Waals surface area contributed by atoms with Crippen LogP contribution < -0.4 is 0 Å². The Morgan fingerprint density at radius 2 is 0.516 bits per heavy atom. The molecule has 1 atom stereocenters. The molecular formula is C58H108O6. The first kappa shape index (κ1) is 61.9. The second kappa shape index (κ2) is 53.5. The van der Waals surface area contributed by atoms with E-state index in [2.05, 4.69) is 45.1 Å². The number of ether oxygens (including phenoxy) is 3. The number of rotatable bonds is 52. The minimum Gasteiger partial charge on any atom is -0.462 e. The molecule has 0 radical (unpaired) electrons. The van der Waals surface area contributed by atoms with Crippen molar-refractivity contribution in [3.8, 4) is 0 Å². The van der Waals surface area contributed by atoms with Crippen LogP contribution in [0.2, 0.25) is 0 Å². The lowest BCUT2D eigenvalue weighted by Gasteiger charge is -2.18. The molecule has 0 aromatic heterocycles. The zero-order valence-corrected chi connectivity index (χ0v) is 43.1. The summed E-state index contributed by atoms with van der Waals surface area (Å²) in [5, 5.41) is 0. The molecule has 376 valence electrons. The number of esters is 3. The topological polar surface area (TPSA) is 78.9 Å².